The highest BCUT2D eigenvalue weighted by atomic mass is 32.1. The molecule has 8 heteroatoms. The zero-order chi connectivity index (χ0) is 19.1. The molecule has 27 heavy (non-hydrogen) atoms. The molecule has 0 aromatic carbocycles. The van der Waals surface area contributed by atoms with Crippen molar-refractivity contribution in [2.24, 2.45) is 10.9 Å². The number of likely N-dealkylation sites (N-methyl/N-ethyl adjacent to an activating group) is 1. The number of hydrogen-bond donors (Lipinski definition) is 2. The molecule has 1 unspecified atom stereocenters. The smallest absolute Gasteiger partial charge is 0.243 e. The molecule has 0 saturated carbocycles. The molecular weight excluding hydrogens is 362 g/mol. The second-order valence-corrected chi connectivity index (χ2v) is 8.35. The number of guanidine groups is 1. The lowest BCUT2D eigenvalue weighted by molar-refractivity contribution is -0.127. The Morgan fingerprint density at radius 1 is 1.37 bits per heavy atom. The number of rotatable bonds is 6. The summed E-state index contributed by atoms with van der Waals surface area (Å²) >= 11 is 1.80. The maximum absolute atomic E-state index is 11.9. The van der Waals surface area contributed by atoms with Crippen molar-refractivity contribution in [3.05, 3.63) is 17.5 Å². The topological polar surface area (TPSA) is 69.2 Å². The van der Waals surface area contributed by atoms with Gasteiger partial charge in [-0.2, -0.15) is 0 Å². The van der Waals surface area contributed by atoms with Gasteiger partial charge in [0.05, 0.1) is 11.6 Å². The molecule has 0 bridgehead atoms. The van der Waals surface area contributed by atoms with E-state index in [0.717, 1.165) is 58.1 Å². The van der Waals surface area contributed by atoms with Crippen LogP contribution in [0.2, 0.25) is 0 Å². The van der Waals surface area contributed by atoms with Crippen LogP contribution in [-0.4, -0.2) is 76.3 Å². The average molecular weight is 394 g/mol. The molecule has 150 valence electrons. The third-order valence-corrected chi connectivity index (χ3v) is 6.04. The molecule has 2 aliphatic rings. The lowest BCUT2D eigenvalue weighted by Gasteiger charge is -2.33. The molecule has 1 amide bonds. The van der Waals surface area contributed by atoms with Crippen LogP contribution in [-0.2, 0) is 9.53 Å². The average Bonchev–Trinajstić information content (AvgIpc) is 3.38. The number of carbonyl (C=O) groups is 1. The van der Waals surface area contributed by atoms with Crippen LogP contribution >= 0.6 is 11.3 Å². The van der Waals surface area contributed by atoms with Gasteiger partial charge in [0.2, 0.25) is 5.91 Å². The number of nitrogens with one attached hydrogen (secondary N) is 2. The van der Waals surface area contributed by atoms with Crippen LogP contribution in [0.4, 0.5) is 5.00 Å². The van der Waals surface area contributed by atoms with Gasteiger partial charge in [-0.1, -0.05) is 0 Å². The van der Waals surface area contributed by atoms with Gasteiger partial charge in [0, 0.05) is 52.3 Å². The van der Waals surface area contributed by atoms with Crippen molar-refractivity contribution < 1.29 is 9.53 Å². The summed E-state index contributed by atoms with van der Waals surface area (Å²) in [6.45, 7) is 4.72. The van der Waals surface area contributed by atoms with Crippen molar-refractivity contribution in [3.8, 4) is 0 Å². The van der Waals surface area contributed by atoms with Gasteiger partial charge in [-0.25, -0.2) is 4.99 Å². The Labute approximate surface area is 165 Å². The van der Waals surface area contributed by atoms with Crippen LogP contribution in [0.3, 0.4) is 0 Å². The summed E-state index contributed by atoms with van der Waals surface area (Å²) in [6, 6.07) is 4.67. The number of anilines is 1. The van der Waals surface area contributed by atoms with Gasteiger partial charge < -0.3 is 25.2 Å². The molecule has 7 nitrogen and oxygen atoms in total. The van der Waals surface area contributed by atoms with E-state index in [1.807, 2.05) is 0 Å². The molecular formula is C19H31N5O2S. The minimum atomic E-state index is 0.00724. The SMILES string of the molecule is CN(C)C(=O)CN=C(NCC1CCOC1)NC1CCN(c2cccs2)CC1. The molecule has 1 aromatic heterocycles. The van der Waals surface area contributed by atoms with Crippen molar-refractivity contribution in [2.75, 3.05) is 58.4 Å². The first-order chi connectivity index (χ1) is 13.1. The molecule has 3 heterocycles. The predicted octanol–water partition coefficient (Wildman–Crippen LogP) is 1.38. The fourth-order valence-electron chi connectivity index (χ4n) is 3.31. The summed E-state index contributed by atoms with van der Waals surface area (Å²) in [4.78, 5) is 20.4. The molecule has 1 aromatic rings. The van der Waals surface area contributed by atoms with Crippen LogP contribution in [0, 0.1) is 5.92 Å². The standard InChI is InChI=1S/C19H31N5O2S/c1-23(2)17(25)13-21-19(20-12-15-7-10-26-14-15)22-16-5-8-24(9-6-16)18-4-3-11-27-18/h3-4,11,15-16H,5-10,12-14H2,1-2H3,(H2,20,21,22). The monoisotopic (exact) mass is 393 g/mol. The first-order valence-electron chi connectivity index (χ1n) is 9.73. The van der Waals surface area contributed by atoms with E-state index >= 15 is 0 Å². The highest BCUT2D eigenvalue weighted by molar-refractivity contribution is 7.14. The first-order valence-corrected chi connectivity index (χ1v) is 10.6. The van der Waals surface area contributed by atoms with Crippen molar-refractivity contribution in [2.45, 2.75) is 25.3 Å². The Bertz CT molecular complexity index is 606. The second-order valence-electron chi connectivity index (χ2n) is 7.42. The largest absolute Gasteiger partial charge is 0.381 e. The Balaban J connectivity index is 1.52. The summed E-state index contributed by atoms with van der Waals surface area (Å²) < 4.78 is 5.45. The lowest BCUT2D eigenvalue weighted by Crippen LogP contribution is -2.49. The zero-order valence-corrected chi connectivity index (χ0v) is 17.1. The van der Waals surface area contributed by atoms with E-state index in [1.165, 1.54) is 5.00 Å². The molecule has 2 fully saturated rings. The molecule has 1 atom stereocenters. The van der Waals surface area contributed by atoms with E-state index in [2.05, 4.69) is 38.0 Å². The number of aliphatic imine (C=N–C) groups is 1. The second kappa shape index (κ2) is 9.94. The first kappa shape index (κ1) is 19.9. The van der Waals surface area contributed by atoms with E-state index in [-0.39, 0.29) is 12.5 Å². The molecule has 0 spiro atoms. The minimum absolute atomic E-state index is 0.00724. The van der Waals surface area contributed by atoms with Gasteiger partial charge in [-0.05, 0) is 36.8 Å². The Kier molecular flexibility index (Phi) is 7.34. The summed E-state index contributed by atoms with van der Waals surface area (Å²) in [7, 11) is 3.52. The fraction of sp³-hybridized carbons (Fsp3) is 0.684. The quantitative estimate of drug-likeness (QED) is 0.564. The maximum atomic E-state index is 11.9. The normalized spacial score (nSPS) is 21.3. The van der Waals surface area contributed by atoms with Crippen LogP contribution in [0.15, 0.2) is 22.5 Å². The van der Waals surface area contributed by atoms with E-state index in [0.29, 0.717) is 12.0 Å². The van der Waals surface area contributed by atoms with Gasteiger partial charge in [0.15, 0.2) is 5.96 Å². The van der Waals surface area contributed by atoms with E-state index in [9.17, 15) is 4.79 Å². The summed E-state index contributed by atoms with van der Waals surface area (Å²) in [5, 5.41) is 10.4. The number of amides is 1. The van der Waals surface area contributed by atoms with Crippen LogP contribution < -0.4 is 15.5 Å². The minimum Gasteiger partial charge on any atom is -0.381 e. The van der Waals surface area contributed by atoms with Crippen molar-refractivity contribution in [3.63, 3.8) is 0 Å². The molecule has 2 saturated heterocycles. The maximum Gasteiger partial charge on any atom is 0.243 e. The molecule has 2 N–H and O–H groups in total. The van der Waals surface area contributed by atoms with Crippen molar-refractivity contribution >= 4 is 28.2 Å². The third-order valence-electron chi connectivity index (χ3n) is 5.11. The predicted molar refractivity (Wildman–Crippen MR) is 111 cm³/mol. The number of ether oxygens (including phenoxy) is 1. The van der Waals surface area contributed by atoms with Gasteiger partial charge in [-0.3, -0.25) is 4.79 Å². The molecule has 2 aliphatic heterocycles. The van der Waals surface area contributed by atoms with Crippen LogP contribution in [0.25, 0.3) is 0 Å². The highest BCUT2D eigenvalue weighted by Gasteiger charge is 2.22. The van der Waals surface area contributed by atoms with Crippen LogP contribution in [0.5, 0.6) is 0 Å². The van der Waals surface area contributed by atoms with Gasteiger partial charge in [0.25, 0.3) is 0 Å². The highest BCUT2D eigenvalue weighted by Crippen LogP contribution is 2.24. The summed E-state index contributed by atoms with van der Waals surface area (Å²) in [5.41, 5.74) is 0. The fourth-order valence-corrected chi connectivity index (χ4v) is 4.10. The van der Waals surface area contributed by atoms with E-state index < -0.39 is 0 Å². The molecule has 0 radical (unpaired) electrons. The Morgan fingerprint density at radius 2 is 2.19 bits per heavy atom. The van der Waals surface area contributed by atoms with Crippen molar-refractivity contribution in [1.82, 2.24) is 15.5 Å². The Morgan fingerprint density at radius 3 is 2.81 bits per heavy atom. The van der Waals surface area contributed by atoms with Gasteiger partial charge in [-0.15, -0.1) is 11.3 Å². The molecule has 0 aliphatic carbocycles. The number of hydrogen-bond acceptors (Lipinski definition) is 5. The number of carbonyl (C=O) groups excluding carboxylic acids is 1. The summed E-state index contributed by atoms with van der Waals surface area (Å²) in [6.07, 6.45) is 3.20. The van der Waals surface area contributed by atoms with Crippen molar-refractivity contribution in [1.29, 1.82) is 0 Å². The van der Waals surface area contributed by atoms with E-state index in [4.69, 9.17) is 4.74 Å². The Hall–Kier alpha value is -1.80. The van der Waals surface area contributed by atoms with Gasteiger partial charge >= 0.3 is 0 Å². The third kappa shape index (κ3) is 6.10. The number of piperidine rings is 1. The van der Waals surface area contributed by atoms with Gasteiger partial charge in [0.1, 0.15) is 6.54 Å². The number of thiophene rings is 1. The zero-order valence-electron chi connectivity index (χ0n) is 16.3. The van der Waals surface area contributed by atoms with E-state index in [1.54, 1.807) is 30.3 Å². The van der Waals surface area contributed by atoms with Crippen LogP contribution in [0.1, 0.15) is 19.3 Å². The molecule has 3 rings (SSSR count). The number of nitrogens with zero attached hydrogens (tertiary/aromatic N) is 3. The lowest BCUT2D eigenvalue weighted by atomic mass is 10.1. The summed E-state index contributed by atoms with van der Waals surface area (Å²) in [5.74, 6) is 1.27.